The highest BCUT2D eigenvalue weighted by Gasteiger charge is 2.17. The fourth-order valence-corrected chi connectivity index (χ4v) is 2.31. The van der Waals surface area contributed by atoms with Gasteiger partial charge in [-0.15, -0.1) is 0 Å². The van der Waals surface area contributed by atoms with Crippen molar-refractivity contribution in [3.05, 3.63) is 29.8 Å². The number of hydrogen-bond donors (Lipinski definition) is 3. The number of nitrogens with one attached hydrogen (secondary N) is 1. The van der Waals surface area contributed by atoms with Crippen LogP contribution >= 0.6 is 11.8 Å². The van der Waals surface area contributed by atoms with E-state index < -0.39 is 5.25 Å². The Balaban J connectivity index is 2.00. The highest BCUT2D eigenvalue weighted by atomic mass is 32.2. The van der Waals surface area contributed by atoms with E-state index in [1.165, 1.54) is 11.8 Å². The van der Waals surface area contributed by atoms with Gasteiger partial charge in [0.15, 0.2) is 5.16 Å². The smallest absolute Gasteiger partial charge is 0.237 e. The molecule has 2 aromatic rings. The number of carbonyl (C=O) groups excluding carboxylic acids is 1. The third kappa shape index (κ3) is 4.32. The normalized spacial score (nSPS) is 11.9. The van der Waals surface area contributed by atoms with Crippen LogP contribution in [-0.4, -0.2) is 26.1 Å². The predicted octanol–water partition coefficient (Wildman–Crippen LogP) is 1.46. The van der Waals surface area contributed by atoms with Crippen molar-refractivity contribution in [2.45, 2.75) is 24.3 Å². The van der Waals surface area contributed by atoms with E-state index in [2.05, 4.69) is 20.3 Å². The third-order valence-electron chi connectivity index (χ3n) is 2.62. The second-order valence-electron chi connectivity index (χ2n) is 4.45. The molecular formula is C13H16N6OS. The van der Waals surface area contributed by atoms with Crippen LogP contribution in [0.25, 0.3) is 0 Å². The first-order valence-corrected chi connectivity index (χ1v) is 7.13. The Kier molecular flexibility index (Phi) is 4.59. The Labute approximate surface area is 126 Å². The summed E-state index contributed by atoms with van der Waals surface area (Å²) in [5.41, 5.74) is 12.9. The summed E-state index contributed by atoms with van der Waals surface area (Å²) in [7, 11) is 0. The van der Waals surface area contributed by atoms with Crippen LogP contribution in [0.5, 0.6) is 0 Å². The molecule has 5 N–H and O–H groups in total. The van der Waals surface area contributed by atoms with Crippen molar-refractivity contribution < 1.29 is 4.79 Å². The topological polar surface area (TPSA) is 120 Å². The van der Waals surface area contributed by atoms with Crippen LogP contribution in [0.2, 0.25) is 0 Å². The first-order chi connectivity index (χ1) is 9.94. The van der Waals surface area contributed by atoms with E-state index in [1.807, 2.05) is 31.2 Å². The number of nitrogens with zero attached hydrogens (tertiary/aromatic N) is 3. The van der Waals surface area contributed by atoms with Crippen LogP contribution in [0.4, 0.5) is 17.6 Å². The number of aryl methyl sites for hydroxylation is 1. The second kappa shape index (κ2) is 6.40. The molecule has 110 valence electrons. The van der Waals surface area contributed by atoms with E-state index in [0.29, 0.717) is 5.16 Å². The number of rotatable bonds is 4. The first-order valence-electron chi connectivity index (χ1n) is 6.25. The van der Waals surface area contributed by atoms with Crippen molar-refractivity contribution >= 4 is 35.3 Å². The van der Waals surface area contributed by atoms with Gasteiger partial charge in [0, 0.05) is 5.69 Å². The number of anilines is 3. The van der Waals surface area contributed by atoms with Crippen molar-refractivity contribution in [1.82, 2.24) is 15.0 Å². The van der Waals surface area contributed by atoms with Gasteiger partial charge in [0.1, 0.15) is 0 Å². The van der Waals surface area contributed by atoms with E-state index in [-0.39, 0.29) is 17.8 Å². The van der Waals surface area contributed by atoms with Gasteiger partial charge >= 0.3 is 0 Å². The summed E-state index contributed by atoms with van der Waals surface area (Å²) in [6.45, 7) is 3.74. The van der Waals surface area contributed by atoms with Crippen LogP contribution in [0.1, 0.15) is 12.5 Å². The number of thioether (sulfide) groups is 1. The first kappa shape index (κ1) is 15.0. The molecule has 1 aromatic heterocycles. The number of benzene rings is 1. The van der Waals surface area contributed by atoms with Gasteiger partial charge in [-0.2, -0.15) is 15.0 Å². The monoisotopic (exact) mass is 304 g/mol. The quantitative estimate of drug-likeness (QED) is 0.731. The summed E-state index contributed by atoms with van der Waals surface area (Å²) in [5.74, 6) is -0.0753. The van der Waals surface area contributed by atoms with Crippen molar-refractivity contribution in [2.75, 3.05) is 16.8 Å². The number of nitrogen functional groups attached to an aromatic ring is 2. The SMILES string of the molecule is Cc1ccc(NC(=O)C(C)Sc2nc(N)nc(N)n2)cc1. The van der Waals surface area contributed by atoms with E-state index in [4.69, 9.17) is 11.5 Å². The van der Waals surface area contributed by atoms with Gasteiger partial charge in [-0.05, 0) is 26.0 Å². The molecule has 0 aliphatic heterocycles. The molecule has 1 aromatic carbocycles. The van der Waals surface area contributed by atoms with Crippen molar-refractivity contribution in [2.24, 2.45) is 0 Å². The molecule has 0 radical (unpaired) electrons. The average molecular weight is 304 g/mol. The Bertz CT molecular complexity index is 625. The Morgan fingerprint density at radius 2 is 1.71 bits per heavy atom. The lowest BCUT2D eigenvalue weighted by Crippen LogP contribution is -2.22. The fraction of sp³-hybridized carbons (Fsp3) is 0.231. The van der Waals surface area contributed by atoms with E-state index in [1.54, 1.807) is 6.92 Å². The van der Waals surface area contributed by atoms with Crippen LogP contribution in [0.3, 0.4) is 0 Å². The highest BCUT2D eigenvalue weighted by molar-refractivity contribution is 8.00. The van der Waals surface area contributed by atoms with Crippen molar-refractivity contribution in [3.8, 4) is 0 Å². The number of aromatic nitrogens is 3. The van der Waals surface area contributed by atoms with Gasteiger partial charge in [0.2, 0.25) is 17.8 Å². The lowest BCUT2D eigenvalue weighted by molar-refractivity contribution is -0.115. The maximum absolute atomic E-state index is 12.1. The molecular weight excluding hydrogens is 288 g/mol. The van der Waals surface area contributed by atoms with Crippen LogP contribution in [-0.2, 0) is 4.79 Å². The minimum atomic E-state index is -0.396. The van der Waals surface area contributed by atoms with Gasteiger partial charge in [0.25, 0.3) is 0 Å². The number of carbonyl (C=O) groups is 1. The number of hydrogen-bond acceptors (Lipinski definition) is 7. The lowest BCUT2D eigenvalue weighted by atomic mass is 10.2. The Hall–Kier alpha value is -2.35. The fourth-order valence-electron chi connectivity index (χ4n) is 1.53. The molecule has 7 nitrogen and oxygen atoms in total. The summed E-state index contributed by atoms with van der Waals surface area (Å²) >= 11 is 1.17. The molecule has 0 aliphatic rings. The van der Waals surface area contributed by atoms with Gasteiger partial charge in [-0.1, -0.05) is 29.5 Å². The standard InChI is InChI=1S/C13H16N6OS/c1-7-3-5-9(6-4-7)16-10(20)8(2)21-13-18-11(14)17-12(15)19-13/h3-6,8H,1-2H3,(H,16,20)(H4,14,15,17,18,19). The number of nitrogens with two attached hydrogens (primary N) is 2. The second-order valence-corrected chi connectivity index (χ2v) is 5.76. The third-order valence-corrected chi connectivity index (χ3v) is 3.58. The summed E-state index contributed by atoms with van der Waals surface area (Å²) in [5, 5.41) is 2.75. The van der Waals surface area contributed by atoms with Crippen LogP contribution in [0.15, 0.2) is 29.4 Å². The highest BCUT2D eigenvalue weighted by Crippen LogP contribution is 2.21. The molecule has 21 heavy (non-hydrogen) atoms. The molecule has 0 saturated carbocycles. The van der Waals surface area contributed by atoms with Crippen molar-refractivity contribution in [3.63, 3.8) is 0 Å². The van der Waals surface area contributed by atoms with E-state index in [9.17, 15) is 4.79 Å². The predicted molar refractivity (Wildman–Crippen MR) is 83.8 cm³/mol. The minimum absolute atomic E-state index is 0.0381. The lowest BCUT2D eigenvalue weighted by Gasteiger charge is -2.11. The zero-order valence-corrected chi connectivity index (χ0v) is 12.5. The molecule has 2 rings (SSSR count). The maximum atomic E-state index is 12.1. The zero-order valence-electron chi connectivity index (χ0n) is 11.7. The summed E-state index contributed by atoms with van der Waals surface area (Å²) in [6, 6.07) is 7.56. The Morgan fingerprint density at radius 1 is 1.14 bits per heavy atom. The van der Waals surface area contributed by atoms with Gasteiger partial charge in [0.05, 0.1) is 5.25 Å². The molecule has 1 heterocycles. The van der Waals surface area contributed by atoms with Crippen molar-refractivity contribution in [1.29, 1.82) is 0 Å². The molecule has 0 spiro atoms. The molecule has 1 unspecified atom stereocenters. The molecule has 8 heteroatoms. The Morgan fingerprint density at radius 3 is 2.29 bits per heavy atom. The average Bonchev–Trinajstić information content (AvgIpc) is 2.40. The summed E-state index contributed by atoms with van der Waals surface area (Å²) < 4.78 is 0. The molecule has 1 amide bonds. The van der Waals surface area contributed by atoms with E-state index >= 15 is 0 Å². The van der Waals surface area contributed by atoms with Crippen LogP contribution in [0, 0.1) is 6.92 Å². The minimum Gasteiger partial charge on any atom is -0.368 e. The maximum Gasteiger partial charge on any atom is 0.237 e. The summed E-state index contributed by atoms with van der Waals surface area (Å²) in [4.78, 5) is 23.7. The van der Waals surface area contributed by atoms with Gasteiger partial charge in [-0.3, -0.25) is 4.79 Å². The van der Waals surface area contributed by atoms with Crippen LogP contribution < -0.4 is 16.8 Å². The molecule has 0 saturated heterocycles. The molecule has 1 atom stereocenters. The molecule has 0 aliphatic carbocycles. The molecule has 0 fully saturated rings. The van der Waals surface area contributed by atoms with Gasteiger partial charge < -0.3 is 16.8 Å². The summed E-state index contributed by atoms with van der Waals surface area (Å²) in [6.07, 6.45) is 0. The number of amides is 1. The molecule has 0 bridgehead atoms. The van der Waals surface area contributed by atoms with E-state index in [0.717, 1.165) is 11.3 Å². The zero-order chi connectivity index (χ0) is 15.4. The largest absolute Gasteiger partial charge is 0.368 e. The van der Waals surface area contributed by atoms with Gasteiger partial charge in [-0.25, -0.2) is 0 Å².